The number of nitrogens with zero attached hydrogens (tertiary/aromatic N) is 2. The maximum absolute atomic E-state index is 11.4. The Bertz CT molecular complexity index is 1100. The van der Waals surface area contributed by atoms with E-state index in [0.717, 1.165) is 6.42 Å². The van der Waals surface area contributed by atoms with Gasteiger partial charge in [-0.05, 0) is 64.2 Å². The van der Waals surface area contributed by atoms with Crippen LogP contribution in [0, 0.1) is 0 Å². The van der Waals surface area contributed by atoms with Gasteiger partial charge in [0.25, 0.3) is 0 Å². The second-order valence-corrected chi connectivity index (χ2v) is 8.38. The molecule has 4 rings (SSSR count). The van der Waals surface area contributed by atoms with Crippen molar-refractivity contribution in [1.82, 2.24) is 0 Å². The summed E-state index contributed by atoms with van der Waals surface area (Å²) in [7, 11) is 0. The van der Waals surface area contributed by atoms with Crippen LogP contribution < -0.4 is 0 Å². The highest BCUT2D eigenvalue weighted by molar-refractivity contribution is 7.11. The number of aromatic carboxylic acids is 1. The molecule has 1 aliphatic carbocycles. The molecule has 0 spiro atoms. The summed E-state index contributed by atoms with van der Waals surface area (Å²) in [6.07, 6.45) is 3.29. The molecule has 0 radical (unpaired) electrons. The van der Waals surface area contributed by atoms with E-state index in [0.29, 0.717) is 11.4 Å². The van der Waals surface area contributed by atoms with Gasteiger partial charge in [0.2, 0.25) is 0 Å². The van der Waals surface area contributed by atoms with Crippen LogP contribution in [0.1, 0.15) is 46.6 Å². The Kier molecular flexibility index (Phi) is 4.69. The third kappa shape index (κ3) is 3.41. The molecule has 0 atom stereocenters. The third-order valence-electron chi connectivity index (χ3n) is 5.03. The van der Waals surface area contributed by atoms with Gasteiger partial charge in [0.15, 0.2) is 0 Å². The number of carboxylic acids is 1. The lowest BCUT2D eigenvalue weighted by Gasteiger charge is -2.32. The van der Waals surface area contributed by atoms with Crippen molar-refractivity contribution in [2.45, 2.75) is 25.7 Å². The summed E-state index contributed by atoms with van der Waals surface area (Å²) in [5.41, 5.74) is 4.95. The van der Waals surface area contributed by atoms with E-state index in [-0.39, 0.29) is 11.0 Å². The molecule has 3 aromatic rings. The van der Waals surface area contributed by atoms with Crippen molar-refractivity contribution < 1.29 is 9.90 Å². The minimum absolute atomic E-state index is 0.0572. The number of rotatable bonds is 4. The summed E-state index contributed by atoms with van der Waals surface area (Å²) in [5.74, 6) is -1.01. The molecule has 0 saturated heterocycles. The van der Waals surface area contributed by atoms with Crippen molar-refractivity contribution in [2.75, 3.05) is 0 Å². The van der Waals surface area contributed by atoms with Crippen LogP contribution in [0.15, 0.2) is 76.3 Å². The number of carbonyl (C=O) groups is 1. The van der Waals surface area contributed by atoms with Crippen LogP contribution in [0.3, 0.4) is 0 Å². The van der Waals surface area contributed by atoms with E-state index in [2.05, 4.69) is 59.8 Å². The molecule has 0 amide bonds. The van der Waals surface area contributed by atoms with Gasteiger partial charge in [-0.15, -0.1) is 16.5 Å². The smallest absolute Gasteiger partial charge is 0.337 e. The minimum atomic E-state index is -1.01. The lowest BCUT2D eigenvalue weighted by molar-refractivity contribution is 0.0697. The quantitative estimate of drug-likeness (QED) is 0.490. The van der Waals surface area contributed by atoms with Gasteiger partial charge in [-0.2, -0.15) is 5.11 Å². The van der Waals surface area contributed by atoms with Crippen molar-refractivity contribution in [3.63, 3.8) is 0 Å². The highest BCUT2D eigenvalue weighted by atomic mass is 32.1. The number of hydrogen-bond acceptors (Lipinski definition) is 4. The number of hydrogen-bond donors (Lipinski definition) is 1. The van der Waals surface area contributed by atoms with E-state index in [1.165, 1.54) is 27.6 Å². The van der Waals surface area contributed by atoms with Gasteiger partial charge >= 0.3 is 5.97 Å². The lowest BCUT2D eigenvalue weighted by Crippen LogP contribution is -2.21. The average Bonchev–Trinajstić information content (AvgIpc) is 3.21. The number of benzene rings is 2. The Morgan fingerprint density at radius 1 is 1.07 bits per heavy atom. The second-order valence-electron chi connectivity index (χ2n) is 7.44. The molecule has 28 heavy (non-hydrogen) atoms. The molecule has 140 valence electrons. The van der Waals surface area contributed by atoms with Crippen LogP contribution in [-0.4, -0.2) is 11.1 Å². The molecule has 5 heteroatoms. The molecule has 0 unspecified atom stereocenters. The van der Waals surface area contributed by atoms with Crippen molar-refractivity contribution in [3.05, 3.63) is 87.6 Å². The van der Waals surface area contributed by atoms with E-state index < -0.39 is 5.97 Å². The zero-order valence-electron chi connectivity index (χ0n) is 15.7. The highest BCUT2D eigenvalue weighted by Gasteiger charge is 2.29. The molecule has 0 bridgehead atoms. The van der Waals surface area contributed by atoms with Gasteiger partial charge in [-0.1, -0.05) is 44.2 Å². The largest absolute Gasteiger partial charge is 0.478 e. The van der Waals surface area contributed by atoms with E-state index in [4.69, 9.17) is 0 Å². The highest BCUT2D eigenvalue weighted by Crippen LogP contribution is 2.43. The minimum Gasteiger partial charge on any atom is -0.478 e. The van der Waals surface area contributed by atoms with Crippen LogP contribution in [-0.2, 0) is 5.41 Å². The van der Waals surface area contributed by atoms with Gasteiger partial charge in [0.05, 0.1) is 11.3 Å². The molecular weight excluding hydrogens is 368 g/mol. The summed E-state index contributed by atoms with van der Waals surface area (Å²) in [6.45, 7) is 4.50. The molecule has 0 fully saturated rings. The third-order valence-corrected chi connectivity index (χ3v) is 5.94. The molecule has 1 aliphatic rings. The van der Waals surface area contributed by atoms with Crippen molar-refractivity contribution >= 4 is 34.3 Å². The van der Waals surface area contributed by atoms with Gasteiger partial charge in [-0.25, -0.2) is 4.79 Å². The Morgan fingerprint density at radius 2 is 1.89 bits per heavy atom. The van der Waals surface area contributed by atoms with Gasteiger partial charge in [-0.3, -0.25) is 0 Å². The monoisotopic (exact) mass is 388 g/mol. The summed E-state index contributed by atoms with van der Waals surface area (Å²) < 4.78 is 0. The maximum atomic E-state index is 11.4. The standard InChI is InChI=1S/C23H20N2O2S/c1-23(2)12-11-16(21-8-5-13-28-21)18-14-15(9-10-19(18)23)24-25-20-7-4-3-6-17(20)22(26)27/h3-11,13-14H,12H2,1-2H3,(H,26,27). The molecule has 1 N–H and O–H groups in total. The topological polar surface area (TPSA) is 62.0 Å². The van der Waals surface area contributed by atoms with E-state index in [1.807, 2.05) is 6.07 Å². The van der Waals surface area contributed by atoms with E-state index in [9.17, 15) is 9.90 Å². The second kappa shape index (κ2) is 7.17. The SMILES string of the molecule is CC1(C)CC=C(c2cccs2)c2cc(N=Nc3ccccc3C(=O)O)ccc21. The molecule has 1 heterocycles. The van der Waals surface area contributed by atoms with Crippen molar-refractivity contribution in [2.24, 2.45) is 10.2 Å². The first-order valence-electron chi connectivity index (χ1n) is 9.09. The summed E-state index contributed by atoms with van der Waals surface area (Å²) in [4.78, 5) is 12.6. The Labute approximate surface area is 167 Å². The van der Waals surface area contributed by atoms with Gasteiger partial charge < -0.3 is 5.11 Å². The van der Waals surface area contributed by atoms with Gasteiger partial charge in [0, 0.05) is 4.88 Å². The fourth-order valence-corrected chi connectivity index (χ4v) is 4.28. The number of allylic oxidation sites excluding steroid dienone is 1. The molecule has 1 aromatic heterocycles. The predicted octanol–water partition coefficient (Wildman–Crippen LogP) is 6.97. The van der Waals surface area contributed by atoms with Crippen LogP contribution >= 0.6 is 11.3 Å². The fourth-order valence-electron chi connectivity index (χ4n) is 3.50. The predicted molar refractivity (Wildman–Crippen MR) is 113 cm³/mol. The van der Waals surface area contributed by atoms with Crippen molar-refractivity contribution in [1.29, 1.82) is 0 Å². The number of thiophene rings is 1. The van der Waals surface area contributed by atoms with E-state index in [1.54, 1.807) is 29.5 Å². The molecule has 0 saturated carbocycles. The van der Waals surface area contributed by atoms with Crippen LogP contribution in [0.2, 0.25) is 0 Å². The Morgan fingerprint density at radius 3 is 2.64 bits per heavy atom. The number of azo groups is 1. The molecule has 2 aromatic carbocycles. The number of fused-ring (bicyclic) bond motifs is 1. The van der Waals surface area contributed by atoms with Crippen molar-refractivity contribution in [3.8, 4) is 0 Å². The zero-order chi connectivity index (χ0) is 19.7. The summed E-state index contributed by atoms with van der Waals surface area (Å²) >= 11 is 1.73. The lowest BCUT2D eigenvalue weighted by atomic mass is 9.73. The number of carboxylic acid groups (broad SMARTS) is 1. The maximum Gasteiger partial charge on any atom is 0.337 e. The normalized spacial score (nSPS) is 15.3. The average molecular weight is 388 g/mol. The summed E-state index contributed by atoms with van der Waals surface area (Å²) in [5, 5.41) is 19.9. The van der Waals surface area contributed by atoms with Crippen LogP contribution in [0.4, 0.5) is 11.4 Å². The Hall–Kier alpha value is -3.05. The van der Waals surface area contributed by atoms with Crippen LogP contribution in [0.5, 0.6) is 0 Å². The fraction of sp³-hybridized carbons (Fsp3) is 0.174. The molecule has 0 aliphatic heterocycles. The Balaban J connectivity index is 1.75. The molecular formula is C23H20N2O2S. The molecule has 4 nitrogen and oxygen atoms in total. The van der Waals surface area contributed by atoms with Crippen LogP contribution in [0.25, 0.3) is 5.57 Å². The summed E-state index contributed by atoms with van der Waals surface area (Å²) in [6, 6.07) is 16.9. The first kappa shape index (κ1) is 18.3. The van der Waals surface area contributed by atoms with Gasteiger partial charge in [0.1, 0.15) is 5.69 Å². The first-order chi connectivity index (χ1) is 13.5. The zero-order valence-corrected chi connectivity index (χ0v) is 16.5. The first-order valence-corrected chi connectivity index (χ1v) is 9.97. The van der Waals surface area contributed by atoms with E-state index >= 15 is 0 Å².